The van der Waals surface area contributed by atoms with E-state index in [-0.39, 0.29) is 26.3 Å². The van der Waals surface area contributed by atoms with Crippen molar-refractivity contribution in [2.24, 2.45) is 0 Å². The molecule has 0 aromatic rings. The maximum Gasteiger partial charge on any atom is 0.329 e. The van der Waals surface area contributed by atoms with Crippen molar-refractivity contribution in [2.75, 3.05) is 32.8 Å². The lowest BCUT2D eigenvalue weighted by Crippen LogP contribution is -2.57. The molecule has 1 heterocycles. The molecule has 1 rings (SSSR count). The number of amides is 2. The molecular formula is C13H24N2O5. The summed E-state index contributed by atoms with van der Waals surface area (Å²) in [7, 11) is 0. The van der Waals surface area contributed by atoms with Crippen molar-refractivity contribution in [3.8, 4) is 0 Å². The number of likely N-dealkylation sites (tertiary alicyclic amines) is 1. The van der Waals surface area contributed by atoms with Gasteiger partial charge in [-0.05, 0) is 19.3 Å². The van der Waals surface area contributed by atoms with Gasteiger partial charge in [0.1, 0.15) is 5.54 Å². The maximum absolute atomic E-state index is 12.5. The number of nitrogens with zero attached hydrogens (tertiary/aromatic N) is 2. The molecule has 0 aliphatic carbocycles. The van der Waals surface area contributed by atoms with E-state index in [1.807, 2.05) is 6.92 Å². The van der Waals surface area contributed by atoms with Crippen LogP contribution in [0.5, 0.6) is 0 Å². The Balaban J connectivity index is 2.95. The average molecular weight is 288 g/mol. The Morgan fingerprint density at radius 2 is 1.85 bits per heavy atom. The molecule has 1 unspecified atom stereocenters. The molecule has 1 saturated heterocycles. The first kappa shape index (κ1) is 16.7. The second-order valence-electron chi connectivity index (χ2n) is 5.06. The van der Waals surface area contributed by atoms with Gasteiger partial charge in [0.2, 0.25) is 0 Å². The first-order valence-electron chi connectivity index (χ1n) is 7.05. The Morgan fingerprint density at radius 1 is 1.25 bits per heavy atom. The topological polar surface area (TPSA) is 101 Å². The maximum atomic E-state index is 12.5. The molecule has 0 radical (unpaired) electrons. The van der Waals surface area contributed by atoms with E-state index in [9.17, 15) is 14.7 Å². The molecular weight excluding hydrogens is 264 g/mol. The molecule has 7 heteroatoms. The quantitative estimate of drug-likeness (QED) is 0.617. The third kappa shape index (κ3) is 3.21. The Hall–Kier alpha value is -1.34. The SMILES string of the molecule is CCCC1(C(=O)O)CCCN1C(=O)N(CCO)CCO. The summed E-state index contributed by atoms with van der Waals surface area (Å²) in [6.45, 7) is 2.06. The first-order chi connectivity index (χ1) is 9.53. The van der Waals surface area contributed by atoms with Gasteiger partial charge in [-0.3, -0.25) is 0 Å². The van der Waals surface area contributed by atoms with Crippen LogP contribution < -0.4 is 0 Å². The van der Waals surface area contributed by atoms with Crippen molar-refractivity contribution in [1.82, 2.24) is 9.80 Å². The zero-order valence-corrected chi connectivity index (χ0v) is 11.9. The summed E-state index contributed by atoms with van der Waals surface area (Å²) >= 11 is 0. The number of carbonyl (C=O) groups excluding carboxylic acids is 1. The van der Waals surface area contributed by atoms with E-state index >= 15 is 0 Å². The van der Waals surface area contributed by atoms with Gasteiger partial charge >= 0.3 is 12.0 Å². The predicted octanol–water partition coefficient (Wildman–Crippen LogP) is 0.112. The summed E-state index contributed by atoms with van der Waals surface area (Å²) in [5.74, 6) is -0.974. The Bertz CT molecular complexity index is 344. The zero-order chi connectivity index (χ0) is 15.2. The largest absolute Gasteiger partial charge is 0.479 e. The highest BCUT2D eigenvalue weighted by Gasteiger charge is 2.50. The van der Waals surface area contributed by atoms with E-state index in [0.717, 1.165) is 0 Å². The van der Waals surface area contributed by atoms with E-state index in [4.69, 9.17) is 10.2 Å². The van der Waals surface area contributed by atoms with Crippen LogP contribution in [0.15, 0.2) is 0 Å². The molecule has 7 nitrogen and oxygen atoms in total. The number of rotatable bonds is 7. The molecule has 1 atom stereocenters. The highest BCUT2D eigenvalue weighted by atomic mass is 16.4. The van der Waals surface area contributed by atoms with Crippen LogP contribution in [0.3, 0.4) is 0 Å². The molecule has 0 aromatic heterocycles. The van der Waals surface area contributed by atoms with Gasteiger partial charge in [0.15, 0.2) is 0 Å². The molecule has 0 bridgehead atoms. The zero-order valence-electron chi connectivity index (χ0n) is 11.9. The number of aliphatic carboxylic acids is 1. The van der Waals surface area contributed by atoms with Gasteiger partial charge < -0.3 is 25.1 Å². The molecule has 2 amide bonds. The van der Waals surface area contributed by atoms with Crippen molar-refractivity contribution < 1.29 is 24.9 Å². The highest BCUT2D eigenvalue weighted by molar-refractivity contribution is 5.87. The second kappa shape index (κ2) is 7.44. The van der Waals surface area contributed by atoms with Gasteiger partial charge in [0.25, 0.3) is 0 Å². The third-order valence-electron chi connectivity index (χ3n) is 3.79. The number of carbonyl (C=O) groups is 2. The first-order valence-corrected chi connectivity index (χ1v) is 7.05. The fourth-order valence-corrected chi connectivity index (χ4v) is 2.88. The predicted molar refractivity (Wildman–Crippen MR) is 72.4 cm³/mol. The summed E-state index contributed by atoms with van der Waals surface area (Å²) in [6.07, 6.45) is 2.20. The molecule has 0 spiro atoms. The van der Waals surface area contributed by atoms with Crippen LogP contribution in [0.4, 0.5) is 4.79 Å². The molecule has 0 aromatic carbocycles. The van der Waals surface area contributed by atoms with E-state index < -0.39 is 17.5 Å². The summed E-state index contributed by atoms with van der Waals surface area (Å²) in [6, 6.07) is -0.415. The molecule has 20 heavy (non-hydrogen) atoms. The Kier molecular flexibility index (Phi) is 6.22. The monoisotopic (exact) mass is 288 g/mol. The van der Waals surface area contributed by atoms with Crippen molar-refractivity contribution >= 4 is 12.0 Å². The van der Waals surface area contributed by atoms with Crippen LogP contribution in [-0.4, -0.2) is 75.5 Å². The summed E-state index contributed by atoms with van der Waals surface area (Å²) in [4.78, 5) is 26.8. The molecule has 3 N–H and O–H groups in total. The fraction of sp³-hybridized carbons (Fsp3) is 0.846. The number of aliphatic hydroxyl groups excluding tert-OH is 2. The normalized spacial score (nSPS) is 22.1. The Labute approximate surface area is 118 Å². The minimum atomic E-state index is -1.14. The van der Waals surface area contributed by atoms with Gasteiger partial charge in [-0.15, -0.1) is 0 Å². The van der Waals surface area contributed by atoms with Crippen molar-refractivity contribution in [2.45, 2.75) is 38.1 Å². The number of hydrogen-bond acceptors (Lipinski definition) is 4. The van der Waals surface area contributed by atoms with E-state index in [1.165, 1.54) is 9.80 Å². The summed E-state index contributed by atoms with van der Waals surface area (Å²) in [5.41, 5.74) is -1.14. The smallest absolute Gasteiger partial charge is 0.329 e. The molecule has 1 fully saturated rings. The van der Waals surface area contributed by atoms with Gasteiger partial charge in [-0.1, -0.05) is 13.3 Å². The second-order valence-corrected chi connectivity index (χ2v) is 5.06. The Morgan fingerprint density at radius 3 is 2.30 bits per heavy atom. The van der Waals surface area contributed by atoms with Crippen LogP contribution >= 0.6 is 0 Å². The minimum absolute atomic E-state index is 0.0950. The number of aliphatic hydroxyl groups is 2. The minimum Gasteiger partial charge on any atom is -0.479 e. The lowest BCUT2D eigenvalue weighted by Gasteiger charge is -2.37. The lowest BCUT2D eigenvalue weighted by molar-refractivity contribution is -0.148. The van der Waals surface area contributed by atoms with Crippen LogP contribution in [0.1, 0.15) is 32.6 Å². The summed E-state index contributed by atoms with van der Waals surface area (Å²) in [5, 5.41) is 27.5. The molecule has 0 saturated carbocycles. The highest BCUT2D eigenvalue weighted by Crippen LogP contribution is 2.34. The lowest BCUT2D eigenvalue weighted by atomic mass is 9.91. The van der Waals surface area contributed by atoms with E-state index in [1.54, 1.807) is 0 Å². The van der Waals surface area contributed by atoms with Crippen LogP contribution in [0.25, 0.3) is 0 Å². The molecule has 1 aliphatic rings. The van der Waals surface area contributed by atoms with E-state index in [0.29, 0.717) is 32.2 Å². The van der Waals surface area contributed by atoms with Crippen molar-refractivity contribution in [3.63, 3.8) is 0 Å². The van der Waals surface area contributed by atoms with Crippen LogP contribution in [0.2, 0.25) is 0 Å². The van der Waals surface area contributed by atoms with Gasteiger partial charge in [0, 0.05) is 19.6 Å². The van der Waals surface area contributed by atoms with Gasteiger partial charge in [0.05, 0.1) is 13.2 Å². The standard InChI is InChI=1S/C13H24N2O5/c1-2-4-13(11(18)19)5-3-6-15(13)12(20)14(7-9-16)8-10-17/h16-17H,2-10H2,1H3,(H,18,19). The number of urea groups is 1. The fourth-order valence-electron chi connectivity index (χ4n) is 2.88. The van der Waals surface area contributed by atoms with Gasteiger partial charge in [-0.2, -0.15) is 0 Å². The van der Waals surface area contributed by atoms with Crippen LogP contribution in [-0.2, 0) is 4.79 Å². The molecule has 116 valence electrons. The number of carboxylic acids is 1. The van der Waals surface area contributed by atoms with Crippen molar-refractivity contribution in [3.05, 3.63) is 0 Å². The third-order valence-corrected chi connectivity index (χ3v) is 3.79. The number of carboxylic acid groups (broad SMARTS) is 1. The number of hydrogen-bond donors (Lipinski definition) is 3. The van der Waals surface area contributed by atoms with E-state index in [2.05, 4.69) is 0 Å². The summed E-state index contributed by atoms with van der Waals surface area (Å²) < 4.78 is 0. The van der Waals surface area contributed by atoms with Gasteiger partial charge in [-0.25, -0.2) is 9.59 Å². The average Bonchev–Trinajstić information content (AvgIpc) is 2.83. The molecule has 1 aliphatic heterocycles. The van der Waals surface area contributed by atoms with Crippen LogP contribution in [0, 0.1) is 0 Å². The van der Waals surface area contributed by atoms with Crippen molar-refractivity contribution in [1.29, 1.82) is 0 Å².